The summed E-state index contributed by atoms with van der Waals surface area (Å²) in [6, 6.07) is 19.7. The fourth-order valence-electron chi connectivity index (χ4n) is 2.38. The van der Waals surface area contributed by atoms with E-state index in [4.69, 9.17) is 0 Å². The standard InChI is InChI=1S/C15H24O.C6H6.ClH/c1-2-3-4-5-6-7-8-11-14-12-9-10-13-15(14)16;1-2-4-6-5-3-1;/h9-10,12-13,16H,2-8,11H2,1H3;1-6H;1H. The smallest absolute Gasteiger partial charge is 0.118 e. The zero-order valence-corrected chi connectivity index (χ0v) is 15.1. The van der Waals surface area contributed by atoms with Crippen molar-refractivity contribution in [2.45, 2.75) is 58.3 Å². The second-order valence-corrected chi connectivity index (χ2v) is 5.65. The van der Waals surface area contributed by atoms with E-state index in [2.05, 4.69) is 6.92 Å². The molecule has 2 aromatic rings. The van der Waals surface area contributed by atoms with Crippen LogP contribution in [0.4, 0.5) is 0 Å². The normalized spacial score (nSPS) is 9.43. The van der Waals surface area contributed by atoms with Gasteiger partial charge in [-0.15, -0.1) is 12.4 Å². The van der Waals surface area contributed by atoms with Gasteiger partial charge in [-0.2, -0.15) is 0 Å². The maximum Gasteiger partial charge on any atom is 0.118 e. The first-order valence-corrected chi connectivity index (χ1v) is 8.61. The molecule has 128 valence electrons. The minimum Gasteiger partial charge on any atom is -0.508 e. The van der Waals surface area contributed by atoms with Gasteiger partial charge in [0.1, 0.15) is 5.75 Å². The van der Waals surface area contributed by atoms with E-state index in [9.17, 15) is 5.11 Å². The lowest BCUT2D eigenvalue weighted by Crippen LogP contribution is -1.87. The van der Waals surface area contributed by atoms with E-state index in [1.807, 2.05) is 54.6 Å². The number of aryl methyl sites for hydroxylation is 1. The molecule has 2 heteroatoms. The minimum absolute atomic E-state index is 0. The topological polar surface area (TPSA) is 20.2 Å². The predicted octanol–water partition coefficient (Wildman–Crippen LogP) is 6.79. The molecule has 0 spiro atoms. The van der Waals surface area contributed by atoms with Crippen molar-refractivity contribution in [2.75, 3.05) is 0 Å². The zero-order valence-electron chi connectivity index (χ0n) is 14.3. The third kappa shape index (κ3) is 11.7. The summed E-state index contributed by atoms with van der Waals surface area (Å²) in [4.78, 5) is 0. The molecule has 23 heavy (non-hydrogen) atoms. The first-order valence-electron chi connectivity index (χ1n) is 8.61. The van der Waals surface area contributed by atoms with Gasteiger partial charge in [-0.05, 0) is 24.5 Å². The molecule has 0 bridgehead atoms. The van der Waals surface area contributed by atoms with Gasteiger partial charge in [0.25, 0.3) is 0 Å². The van der Waals surface area contributed by atoms with Crippen molar-refractivity contribution < 1.29 is 5.11 Å². The molecule has 0 heterocycles. The second kappa shape index (κ2) is 15.4. The molecule has 0 fully saturated rings. The predicted molar refractivity (Wildman–Crippen MR) is 103 cm³/mol. The van der Waals surface area contributed by atoms with Gasteiger partial charge < -0.3 is 5.11 Å². The molecular formula is C21H31ClO. The molecule has 0 saturated carbocycles. The highest BCUT2D eigenvalue weighted by molar-refractivity contribution is 5.85. The largest absolute Gasteiger partial charge is 0.508 e. The van der Waals surface area contributed by atoms with Gasteiger partial charge in [0, 0.05) is 0 Å². The summed E-state index contributed by atoms with van der Waals surface area (Å²) in [5.74, 6) is 0.452. The molecule has 1 nitrogen and oxygen atoms in total. The molecule has 2 rings (SSSR count). The van der Waals surface area contributed by atoms with Crippen molar-refractivity contribution in [3.05, 3.63) is 66.2 Å². The summed E-state index contributed by atoms with van der Waals surface area (Å²) in [7, 11) is 0. The Kier molecular flexibility index (Phi) is 14.4. The average molecular weight is 335 g/mol. The van der Waals surface area contributed by atoms with Crippen LogP contribution in [0, 0.1) is 0 Å². The highest BCUT2D eigenvalue weighted by Gasteiger charge is 1.98. The molecule has 0 aliphatic carbocycles. The van der Waals surface area contributed by atoms with Crippen molar-refractivity contribution in [1.82, 2.24) is 0 Å². The number of halogens is 1. The summed E-state index contributed by atoms with van der Waals surface area (Å²) in [6.07, 6.45) is 10.3. The van der Waals surface area contributed by atoms with Gasteiger partial charge >= 0.3 is 0 Å². The summed E-state index contributed by atoms with van der Waals surface area (Å²) < 4.78 is 0. The Morgan fingerprint density at radius 1 is 0.652 bits per heavy atom. The highest BCUT2D eigenvalue weighted by Crippen LogP contribution is 2.18. The van der Waals surface area contributed by atoms with Crippen LogP contribution in [0.15, 0.2) is 60.7 Å². The van der Waals surface area contributed by atoms with Gasteiger partial charge in [0.15, 0.2) is 0 Å². The fraction of sp³-hybridized carbons (Fsp3) is 0.429. The fourth-order valence-corrected chi connectivity index (χ4v) is 2.38. The summed E-state index contributed by atoms with van der Waals surface area (Å²) in [5.41, 5.74) is 1.09. The number of phenolic OH excluding ortho intramolecular Hbond substituents is 1. The Labute approximate surface area is 148 Å². The van der Waals surface area contributed by atoms with E-state index in [0.29, 0.717) is 5.75 Å². The maximum atomic E-state index is 9.58. The zero-order chi connectivity index (χ0) is 15.9. The first-order chi connectivity index (χ1) is 10.8. The summed E-state index contributed by atoms with van der Waals surface area (Å²) in [5, 5.41) is 9.58. The van der Waals surface area contributed by atoms with Crippen LogP contribution in [0.25, 0.3) is 0 Å². The number of unbranched alkanes of at least 4 members (excludes halogenated alkanes) is 6. The van der Waals surface area contributed by atoms with Crippen molar-refractivity contribution in [3.63, 3.8) is 0 Å². The van der Waals surface area contributed by atoms with Gasteiger partial charge in [-0.1, -0.05) is 100 Å². The van der Waals surface area contributed by atoms with Crippen LogP contribution < -0.4 is 0 Å². The van der Waals surface area contributed by atoms with Crippen molar-refractivity contribution in [2.24, 2.45) is 0 Å². The monoisotopic (exact) mass is 334 g/mol. The average Bonchev–Trinajstić information content (AvgIpc) is 2.58. The number of phenols is 1. The lowest BCUT2D eigenvalue weighted by atomic mass is 10.0. The Balaban J connectivity index is 0.000000581. The number of para-hydroxylation sites is 1. The third-order valence-electron chi connectivity index (χ3n) is 3.71. The number of hydrogen-bond acceptors (Lipinski definition) is 1. The molecule has 0 atom stereocenters. The Bertz CT molecular complexity index is 444. The highest BCUT2D eigenvalue weighted by atomic mass is 35.5. The van der Waals surface area contributed by atoms with Gasteiger partial charge in [0.05, 0.1) is 0 Å². The van der Waals surface area contributed by atoms with Crippen molar-refractivity contribution in [1.29, 1.82) is 0 Å². The summed E-state index contributed by atoms with van der Waals surface area (Å²) in [6.45, 7) is 2.25. The lowest BCUT2D eigenvalue weighted by Gasteiger charge is -2.04. The van der Waals surface area contributed by atoms with Crippen LogP contribution in [0.2, 0.25) is 0 Å². The first kappa shape index (κ1) is 21.5. The van der Waals surface area contributed by atoms with Crippen LogP contribution in [-0.4, -0.2) is 5.11 Å². The van der Waals surface area contributed by atoms with E-state index in [0.717, 1.165) is 12.0 Å². The molecule has 0 unspecified atom stereocenters. The molecule has 1 N–H and O–H groups in total. The van der Waals surface area contributed by atoms with Gasteiger partial charge in [0.2, 0.25) is 0 Å². The second-order valence-electron chi connectivity index (χ2n) is 5.65. The summed E-state index contributed by atoms with van der Waals surface area (Å²) >= 11 is 0. The maximum absolute atomic E-state index is 9.58. The molecule has 2 aromatic carbocycles. The van der Waals surface area contributed by atoms with Crippen LogP contribution in [0.1, 0.15) is 57.4 Å². The molecule has 0 aliphatic heterocycles. The lowest BCUT2D eigenvalue weighted by molar-refractivity contribution is 0.466. The van der Waals surface area contributed by atoms with Crippen molar-refractivity contribution in [3.8, 4) is 5.75 Å². The van der Waals surface area contributed by atoms with E-state index >= 15 is 0 Å². The molecule has 0 radical (unpaired) electrons. The number of benzene rings is 2. The molecule has 0 aromatic heterocycles. The van der Waals surface area contributed by atoms with E-state index in [1.54, 1.807) is 6.07 Å². The van der Waals surface area contributed by atoms with Crippen LogP contribution in [0.3, 0.4) is 0 Å². The van der Waals surface area contributed by atoms with Gasteiger partial charge in [-0.3, -0.25) is 0 Å². The molecule has 0 amide bonds. The molecule has 0 aliphatic rings. The minimum atomic E-state index is 0. The Morgan fingerprint density at radius 3 is 1.65 bits per heavy atom. The van der Waals surface area contributed by atoms with Crippen LogP contribution in [-0.2, 0) is 6.42 Å². The van der Waals surface area contributed by atoms with Crippen LogP contribution >= 0.6 is 12.4 Å². The third-order valence-corrected chi connectivity index (χ3v) is 3.71. The molecule has 0 saturated heterocycles. The van der Waals surface area contributed by atoms with Crippen molar-refractivity contribution >= 4 is 12.4 Å². The van der Waals surface area contributed by atoms with E-state index in [1.165, 1.54) is 44.9 Å². The van der Waals surface area contributed by atoms with E-state index < -0.39 is 0 Å². The Morgan fingerprint density at radius 2 is 1.13 bits per heavy atom. The van der Waals surface area contributed by atoms with E-state index in [-0.39, 0.29) is 12.4 Å². The number of hydrogen-bond donors (Lipinski definition) is 1. The Hall–Kier alpha value is -1.47. The number of rotatable bonds is 8. The SMILES string of the molecule is CCCCCCCCCc1ccccc1O.Cl.c1ccccc1. The molecular weight excluding hydrogens is 304 g/mol. The van der Waals surface area contributed by atoms with Gasteiger partial charge in [-0.25, -0.2) is 0 Å². The van der Waals surface area contributed by atoms with Crippen LogP contribution in [0.5, 0.6) is 5.75 Å². The quantitative estimate of drug-likeness (QED) is 0.526. The number of aromatic hydroxyl groups is 1.